The zero-order valence-electron chi connectivity index (χ0n) is 11.7. The molecule has 20 heavy (non-hydrogen) atoms. The Morgan fingerprint density at radius 3 is 2.60 bits per heavy atom. The summed E-state index contributed by atoms with van der Waals surface area (Å²) in [6.45, 7) is 8.40. The van der Waals surface area contributed by atoms with Gasteiger partial charge in [-0.15, -0.1) is 0 Å². The van der Waals surface area contributed by atoms with Gasteiger partial charge in [-0.05, 0) is 17.7 Å². The summed E-state index contributed by atoms with van der Waals surface area (Å²) in [5.74, 6) is 1.76. The fourth-order valence-corrected chi connectivity index (χ4v) is 3.12. The van der Waals surface area contributed by atoms with Gasteiger partial charge in [0.15, 0.2) is 11.5 Å². The molecule has 0 bridgehead atoms. The van der Waals surface area contributed by atoms with Crippen molar-refractivity contribution < 1.29 is 9.47 Å². The molecule has 0 spiro atoms. The second-order valence-electron chi connectivity index (χ2n) is 5.81. The van der Waals surface area contributed by atoms with Crippen LogP contribution < -0.4 is 14.8 Å². The fraction of sp³-hybridized carbons (Fsp3) is 0.600. The zero-order chi connectivity index (χ0) is 13.4. The summed E-state index contributed by atoms with van der Waals surface area (Å²) in [6, 6.07) is 7.07. The van der Waals surface area contributed by atoms with Crippen LogP contribution in [0.3, 0.4) is 0 Å². The molecule has 0 amide bonds. The number of nitrogens with zero attached hydrogens (tertiary/aromatic N) is 2. The summed E-state index contributed by atoms with van der Waals surface area (Å²) in [4.78, 5) is 5.15. The van der Waals surface area contributed by atoms with Crippen molar-refractivity contribution in [3.05, 3.63) is 23.8 Å². The van der Waals surface area contributed by atoms with Crippen molar-refractivity contribution in [2.45, 2.75) is 12.6 Å². The van der Waals surface area contributed by atoms with E-state index in [1.165, 1.54) is 31.7 Å². The molecule has 4 rings (SSSR count). The van der Waals surface area contributed by atoms with Crippen LogP contribution in [0.5, 0.6) is 11.5 Å². The van der Waals surface area contributed by atoms with Gasteiger partial charge < -0.3 is 14.8 Å². The second kappa shape index (κ2) is 5.24. The molecule has 0 atom stereocenters. The number of hydrogen-bond acceptors (Lipinski definition) is 5. The lowest BCUT2D eigenvalue weighted by Crippen LogP contribution is -2.61. The predicted molar refractivity (Wildman–Crippen MR) is 76.1 cm³/mol. The van der Waals surface area contributed by atoms with Crippen molar-refractivity contribution in [2.75, 3.05) is 46.1 Å². The van der Waals surface area contributed by atoms with Gasteiger partial charge in [0.1, 0.15) is 0 Å². The molecule has 1 N–H and O–H groups in total. The van der Waals surface area contributed by atoms with Crippen molar-refractivity contribution in [1.82, 2.24) is 15.1 Å². The van der Waals surface area contributed by atoms with Gasteiger partial charge in [0.25, 0.3) is 0 Å². The lowest BCUT2D eigenvalue weighted by molar-refractivity contribution is 0.0695. The molecule has 0 saturated carbocycles. The van der Waals surface area contributed by atoms with Crippen LogP contribution in [0.4, 0.5) is 0 Å². The highest BCUT2D eigenvalue weighted by atomic mass is 16.7. The number of piperazine rings is 1. The highest BCUT2D eigenvalue weighted by molar-refractivity contribution is 5.44. The maximum Gasteiger partial charge on any atom is 0.231 e. The highest BCUT2D eigenvalue weighted by Crippen LogP contribution is 2.32. The number of nitrogens with one attached hydrogen (secondary N) is 1. The van der Waals surface area contributed by atoms with Crippen LogP contribution in [0.15, 0.2) is 18.2 Å². The molecule has 5 nitrogen and oxygen atoms in total. The average molecular weight is 275 g/mol. The van der Waals surface area contributed by atoms with Gasteiger partial charge in [-0.2, -0.15) is 0 Å². The molecule has 5 heteroatoms. The van der Waals surface area contributed by atoms with Crippen LogP contribution in [0.25, 0.3) is 0 Å². The topological polar surface area (TPSA) is 37.0 Å². The minimum atomic E-state index is 0.354. The van der Waals surface area contributed by atoms with Crippen molar-refractivity contribution in [3.63, 3.8) is 0 Å². The molecule has 1 aromatic rings. The quantitative estimate of drug-likeness (QED) is 0.870. The van der Waals surface area contributed by atoms with Gasteiger partial charge in [-0.25, -0.2) is 0 Å². The van der Waals surface area contributed by atoms with Gasteiger partial charge in [0.05, 0.1) is 0 Å². The van der Waals surface area contributed by atoms with Crippen LogP contribution in [0.1, 0.15) is 5.56 Å². The van der Waals surface area contributed by atoms with Gasteiger partial charge >= 0.3 is 0 Å². The average Bonchev–Trinajstić information content (AvgIpc) is 2.86. The van der Waals surface area contributed by atoms with Crippen LogP contribution in [0.2, 0.25) is 0 Å². The van der Waals surface area contributed by atoms with Gasteiger partial charge in [0.2, 0.25) is 6.79 Å². The lowest BCUT2D eigenvalue weighted by atomic mass is 10.1. The molecule has 0 radical (unpaired) electrons. The molecule has 0 aliphatic carbocycles. The number of rotatable bonds is 3. The number of hydrogen-bond donors (Lipinski definition) is 1. The number of fused-ring (bicyclic) bond motifs is 1. The summed E-state index contributed by atoms with van der Waals surface area (Å²) in [6.07, 6.45) is 0. The summed E-state index contributed by atoms with van der Waals surface area (Å²) < 4.78 is 10.8. The first-order valence-electron chi connectivity index (χ1n) is 7.44. The summed E-state index contributed by atoms with van der Waals surface area (Å²) >= 11 is 0. The molecule has 3 aliphatic heterocycles. The first kappa shape index (κ1) is 12.4. The molecule has 108 valence electrons. The predicted octanol–water partition coefficient (Wildman–Crippen LogP) is 0.505. The fourth-order valence-electron chi connectivity index (χ4n) is 3.12. The Balaban J connectivity index is 1.33. The van der Waals surface area contributed by atoms with E-state index in [1.807, 2.05) is 6.07 Å². The van der Waals surface area contributed by atoms with E-state index in [2.05, 4.69) is 27.2 Å². The van der Waals surface area contributed by atoms with E-state index in [1.54, 1.807) is 0 Å². The Hall–Kier alpha value is -1.30. The summed E-state index contributed by atoms with van der Waals surface area (Å²) in [5, 5.41) is 3.35. The van der Waals surface area contributed by atoms with Gasteiger partial charge in [0, 0.05) is 51.9 Å². The van der Waals surface area contributed by atoms with E-state index >= 15 is 0 Å². The molecule has 2 saturated heterocycles. The van der Waals surface area contributed by atoms with Crippen LogP contribution in [-0.2, 0) is 6.54 Å². The first-order valence-corrected chi connectivity index (χ1v) is 7.44. The van der Waals surface area contributed by atoms with Crippen LogP contribution in [0, 0.1) is 0 Å². The third-order valence-corrected chi connectivity index (χ3v) is 4.53. The van der Waals surface area contributed by atoms with E-state index in [0.29, 0.717) is 6.79 Å². The Labute approximate surface area is 119 Å². The van der Waals surface area contributed by atoms with E-state index < -0.39 is 0 Å². The Kier molecular flexibility index (Phi) is 3.26. The van der Waals surface area contributed by atoms with E-state index in [9.17, 15) is 0 Å². The summed E-state index contributed by atoms with van der Waals surface area (Å²) in [7, 11) is 0. The normalized spacial score (nSPS) is 23.8. The number of benzene rings is 1. The molecule has 1 aromatic carbocycles. The monoisotopic (exact) mass is 275 g/mol. The third kappa shape index (κ3) is 2.37. The minimum Gasteiger partial charge on any atom is -0.454 e. The van der Waals surface area contributed by atoms with E-state index in [0.717, 1.165) is 37.2 Å². The smallest absolute Gasteiger partial charge is 0.231 e. The van der Waals surface area contributed by atoms with Gasteiger partial charge in [-0.1, -0.05) is 6.07 Å². The van der Waals surface area contributed by atoms with Crippen molar-refractivity contribution in [3.8, 4) is 11.5 Å². The minimum absolute atomic E-state index is 0.354. The second-order valence-corrected chi connectivity index (χ2v) is 5.81. The molecule has 3 aliphatic rings. The van der Waals surface area contributed by atoms with E-state index in [-0.39, 0.29) is 0 Å². The van der Waals surface area contributed by atoms with Crippen LogP contribution >= 0.6 is 0 Å². The standard InChI is InChI=1S/C15H21N3O2/c1-2-14-15(20-11-19-14)7-12(1)10-17-3-5-18(6-4-17)13-8-16-9-13/h1-2,7,13,16H,3-6,8-11H2. The molecular weight excluding hydrogens is 254 g/mol. The maximum atomic E-state index is 5.44. The van der Waals surface area contributed by atoms with Crippen molar-refractivity contribution >= 4 is 0 Å². The maximum absolute atomic E-state index is 5.44. The molecular formula is C15H21N3O2. The van der Waals surface area contributed by atoms with Crippen LogP contribution in [-0.4, -0.2) is 61.9 Å². The SMILES string of the molecule is c1cc2c(cc1CN1CCN(C3CNC3)CC1)OCO2. The largest absolute Gasteiger partial charge is 0.454 e. The van der Waals surface area contributed by atoms with Gasteiger partial charge in [-0.3, -0.25) is 9.80 Å². The summed E-state index contributed by atoms with van der Waals surface area (Å²) in [5.41, 5.74) is 1.31. The first-order chi connectivity index (χ1) is 9.88. The third-order valence-electron chi connectivity index (χ3n) is 4.53. The molecule has 2 fully saturated rings. The number of ether oxygens (including phenoxy) is 2. The molecule has 0 aromatic heterocycles. The lowest BCUT2D eigenvalue weighted by Gasteiger charge is -2.43. The Morgan fingerprint density at radius 1 is 1.05 bits per heavy atom. The van der Waals surface area contributed by atoms with E-state index in [4.69, 9.17) is 9.47 Å². The Morgan fingerprint density at radius 2 is 1.85 bits per heavy atom. The van der Waals surface area contributed by atoms with Crippen molar-refractivity contribution in [2.24, 2.45) is 0 Å². The molecule has 0 unspecified atom stereocenters. The molecule has 3 heterocycles. The zero-order valence-corrected chi connectivity index (χ0v) is 11.7. The Bertz CT molecular complexity index is 482. The van der Waals surface area contributed by atoms with Crippen molar-refractivity contribution in [1.29, 1.82) is 0 Å². The highest BCUT2D eigenvalue weighted by Gasteiger charge is 2.27.